The van der Waals surface area contributed by atoms with Crippen molar-refractivity contribution in [1.82, 2.24) is 25.1 Å². The van der Waals surface area contributed by atoms with Gasteiger partial charge >= 0.3 is 0 Å². The third kappa shape index (κ3) is 3.61. The number of hydrogen-bond donors (Lipinski definition) is 2. The van der Waals surface area contributed by atoms with Gasteiger partial charge in [0.25, 0.3) is 0 Å². The Balaban J connectivity index is 1.42. The van der Waals surface area contributed by atoms with Crippen LogP contribution in [0.2, 0.25) is 0 Å². The molecule has 1 fully saturated rings. The van der Waals surface area contributed by atoms with E-state index in [1.165, 1.54) is 0 Å². The topological polar surface area (TPSA) is 91.9 Å². The fourth-order valence-electron chi connectivity index (χ4n) is 3.93. The van der Waals surface area contributed by atoms with E-state index in [1.807, 2.05) is 54.9 Å². The van der Waals surface area contributed by atoms with Crippen molar-refractivity contribution in [2.45, 2.75) is 0 Å². The number of nitrogens with one attached hydrogen (secondary N) is 2. The average molecular weight is 423 g/mol. The van der Waals surface area contributed by atoms with Crippen LogP contribution in [0.25, 0.3) is 33.1 Å². The normalized spacial score (nSPS) is 14.2. The van der Waals surface area contributed by atoms with Crippen LogP contribution in [0.15, 0.2) is 67.0 Å². The third-order valence-corrected chi connectivity index (χ3v) is 5.61. The molecule has 32 heavy (non-hydrogen) atoms. The summed E-state index contributed by atoms with van der Waals surface area (Å²) in [6.07, 6.45) is 3.68. The van der Waals surface area contributed by atoms with Crippen LogP contribution >= 0.6 is 0 Å². The van der Waals surface area contributed by atoms with Crippen LogP contribution in [-0.2, 0) is 4.74 Å². The second-order valence-electron chi connectivity index (χ2n) is 7.75. The van der Waals surface area contributed by atoms with E-state index >= 15 is 0 Å². The molecule has 1 aliphatic heterocycles. The Hall–Kier alpha value is -4.04. The highest BCUT2D eigenvalue weighted by Gasteiger charge is 2.17. The van der Waals surface area contributed by atoms with Gasteiger partial charge < -0.3 is 15.0 Å². The highest BCUT2D eigenvalue weighted by atomic mass is 16.5. The molecule has 0 saturated carbocycles. The van der Waals surface area contributed by atoms with E-state index in [-0.39, 0.29) is 0 Å². The number of aromatic amines is 1. The zero-order valence-electron chi connectivity index (χ0n) is 17.3. The highest BCUT2D eigenvalue weighted by Crippen LogP contribution is 2.28. The number of hydrogen-bond acceptors (Lipinski definition) is 7. The van der Waals surface area contributed by atoms with Crippen LogP contribution in [0.4, 0.5) is 17.5 Å². The summed E-state index contributed by atoms with van der Waals surface area (Å²) < 4.78 is 5.51. The first kappa shape index (κ1) is 18.7. The molecular formula is C24H21N7O. The van der Waals surface area contributed by atoms with Gasteiger partial charge in [-0.2, -0.15) is 10.1 Å². The van der Waals surface area contributed by atoms with Gasteiger partial charge in [0.2, 0.25) is 5.95 Å². The largest absolute Gasteiger partial charge is 0.378 e. The molecule has 2 N–H and O–H groups in total. The fraction of sp³-hybridized carbons (Fsp3) is 0.167. The second kappa shape index (κ2) is 7.90. The van der Waals surface area contributed by atoms with Gasteiger partial charge in [-0.25, -0.2) is 4.98 Å². The Labute approximate surface area is 184 Å². The lowest BCUT2D eigenvalue weighted by atomic mass is 10.1. The van der Waals surface area contributed by atoms with Gasteiger partial charge in [-0.15, -0.1) is 0 Å². The molecule has 1 saturated heterocycles. The van der Waals surface area contributed by atoms with Crippen LogP contribution in [0.3, 0.4) is 0 Å². The first-order valence-electron chi connectivity index (χ1n) is 10.6. The number of fused-ring (bicyclic) bond motifs is 2. The minimum atomic E-state index is 0.672. The number of para-hydroxylation sites is 1. The van der Waals surface area contributed by atoms with E-state index in [0.717, 1.165) is 57.7 Å². The number of rotatable bonds is 4. The molecule has 2 aromatic carbocycles. The maximum absolute atomic E-state index is 5.51. The van der Waals surface area contributed by atoms with Crippen molar-refractivity contribution in [3.63, 3.8) is 0 Å². The molecule has 0 amide bonds. The lowest BCUT2D eigenvalue weighted by molar-refractivity contribution is 0.122. The predicted octanol–water partition coefficient (Wildman–Crippen LogP) is 4.15. The number of morpholine rings is 1. The minimum absolute atomic E-state index is 0.672. The number of H-pyrrole nitrogens is 1. The van der Waals surface area contributed by atoms with Gasteiger partial charge in [-0.3, -0.25) is 10.1 Å². The summed E-state index contributed by atoms with van der Waals surface area (Å²) in [4.78, 5) is 16.5. The minimum Gasteiger partial charge on any atom is -0.378 e. The van der Waals surface area contributed by atoms with E-state index in [9.17, 15) is 0 Å². The summed E-state index contributed by atoms with van der Waals surface area (Å²) in [5.41, 5.74) is 4.68. The monoisotopic (exact) mass is 423 g/mol. The Kier molecular flexibility index (Phi) is 4.62. The molecule has 5 aromatic rings. The molecule has 8 nitrogen and oxygen atoms in total. The average Bonchev–Trinajstić information content (AvgIpc) is 3.32. The maximum atomic E-state index is 5.51. The molecule has 1 aliphatic rings. The van der Waals surface area contributed by atoms with Gasteiger partial charge in [-0.05, 0) is 30.3 Å². The van der Waals surface area contributed by atoms with E-state index < -0.39 is 0 Å². The zero-order valence-corrected chi connectivity index (χ0v) is 17.3. The standard InChI is InChI=1S/C24H21N7O/c1-2-4-20-16(3-1)11-17(14-25-20)22-13-23(29-24(28-22)31-7-9-32-10-8-31)27-19-5-6-21-18(12-19)15-26-30-21/h1-6,11-15H,7-10H2,(H,26,30)(H,27,28,29). The summed E-state index contributed by atoms with van der Waals surface area (Å²) in [5, 5.41) is 12.6. The van der Waals surface area contributed by atoms with Crippen LogP contribution in [-0.4, -0.2) is 51.5 Å². The van der Waals surface area contributed by atoms with Crippen molar-refractivity contribution >= 4 is 39.3 Å². The van der Waals surface area contributed by atoms with Crippen LogP contribution in [0.5, 0.6) is 0 Å². The van der Waals surface area contributed by atoms with Crippen molar-refractivity contribution in [3.8, 4) is 11.3 Å². The lowest BCUT2D eigenvalue weighted by Gasteiger charge is -2.27. The van der Waals surface area contributed by atoms with Crippen LogP contribution in [0, 0.1) is 0 Å². The Morgan fingerprint density at radius 2 is 1.81 bits per heavy atom. The van der Waals surface area contributed by atoms with Crippen LogP contribution < -0.4 is 10.2 Å². The molecule has 0 bridgehead atoms. The number of benzene rings is 2. The summed E-state index contributed by atoms with van der Waals surface area (Å²) in [7, 11) is 0. The van der Waals surface area contributed by atoms with Gasteiger partial charge in [0, 0.05) is 47.4 Å². The summed E-state index contributed by atoms with van der Waals surface area (Å²) in [5.74, 6) is 1.42. The summed E-state index contributed by atoms with van der Waals surface area (Å²) >= 11 is 0. The highest BCUT2D eigenvalue weighted by molar-refractivity contribution is 5.84. The number of ether oxygens (including phenoxy) is 1. The van der Waals surface area contributed by atoms with Crippen molar-refractivity contribution in [1.29, 1.82) is 0 Å². The van der Waals surface area contributed by atoms with Crippen molar-refractivity contribution < 1.29 is 4.74 Å². The van der Waals surface area contributed by atoms with Crippen molar-refractivity contribution in [3.05, 3.63) is 67.0 Å². The number of anilines is 3. The lowest BCUT2D eigenvalue weighted by Crippen LogP contribution is -2.37. The van der Waals surface area contributed by atoms with Crippen molar-refractivity contribution in [2.75, 3.05) is 36.5 Å². The van der Waals surface area contributed by atoms with Gasteiger partial charge in [0.05, 0.1) is 36.1 Å². The zero-order chi connectivity index (χ0) is 21.3. The van der Waals surface area contributed by atoms with Crippen LogP contribution in [0.1, 0.15) is 0 Å². The van der Waals surface area contributed by atoms with E-state index in [1.54, 1.807) is 0 Å². The molecule has 6 rings (SSSR count). The first-order valence-corrected chi connectivity index (χ1v) is 10.6. The molecule has 0 spiro atoms. The number of pyridine rings is 1. The quantitative estimate of drug-likeness (QED) is 0.449. The molecule has 3 aromatic heterocycles. The Morgan fingerprint density at radius 3 is 2.75 bits per heavy atom. The van der Waals surface area contributed by atoms with E-state index in [2.05, 4.69) is 37.5 Å². The maximum Gasteiger partial charge on any atom is 0.228 e. The second-order valence-corrected chi connectivity index (χ2v) is 7.75. The first-order chi connectivity index (χ1) is 15.8. The van der Waals surface area contributed by atoms with E-state index in [4.69, 9.17) is 14.7 Å². The molecule has 8 heteroatoms. The summed E-state index contributed by atoms with van der Waals surface area (Å²) in [6.45, 7) is 2.87. The SMILES string of the molecule is c1ccc2ncc(-c3cc(Nc4ccc5[nH]ncc5c4)nc(N4CCOCC4)n3)cc2c1. The summed E-state index contributed by atoms with van der Waals surface area (Å²) in [6, 6.07) is 18.2. The van der Waals surface area contributed by atoms with Gasteiger partial charge in [0.1, 0.15) is 5.82 Å². The predicted molar refractivity (Wildman–Crippen MR) is 125 cm³/mol. The molecule has 0 unspecified atom stereocenters. The third-order valence-electron chi connectivity index (χ3n) is 5.61. The number of nitrogens with zero attached hydrogens (tertiary/aromatic N) is 5. The molecule has 158 valence electrons. The molecule has 0 atom stereocenters. The fourth-order valence-corrected chi connectivity index (χ4v) is 3.93. The van der Waals surface area contributed by atoms with E-state index in [0.29, 0.717) is 19.2 Å². The molecule has 0 aliphatic carbocycles. The van der Waals surface area contributed by atoms with Crippen molar-refractivity contribution in [2.24, 2.45) is 0 Å². The molecular weight excluding hydrogens is 402 g/mol. The molecule has 0 radical (unpaired) electrons. The Morgan fingerprint density at radius 1 is 0.906 bits per heavy atom. The smallest absolute Gasteiger partial charge is 0.228 e. The van der Waals surface area contributed by atoms with Gasteiger partial charge in [-0.1, -0.05) is 18.2 Å². The van der Waals surface area contributed by atoms with Gasteiger partial charge in [0.15, 0.2) is 0 Å². The Bertz CT molecular complexity index is 1410. The number of aromatic nitrogens is 5. The molecule has 4 heterocycles.